The van der Waals surface area contributed by atoms with Gasteiger partial charge in [0.15, 0.2) is 0 Å². The summed E-state index contributed by atoms with van der Waals surface area (Å²) in [5.41, 5.74) is 7.44. The summed E-state index contributed by atoms with van der Waals surface area (Å²) in [4.78, 5) is 11.8. The zero-order valence-electron chi connectivity index (χ0n) is 11.3. The monoisotopic (exact) mass is 303 g/mol. The van der Waals surface area contributed by atoms with Crippen molar-refractivity contribution in [3.05, 3.63) is 59.4 Å². The first-order valence-corrected chi connectivity index (χ1v) is 6.61. The molecule has 0 radical (unpaired) electrons. The van der Waals surface area contributed by atoms with E-state index in [4.69, 9.17) is 18.0 Å². The van der Waals surface area contributed by atoms with Crippen molar-refractivity contribution in [1.82, 2.24) is 0 Å². The Morgan fingerprint density at radius 1 is 1.14 bits per heavy atom. The molecule has 0 spiro atoms. The number of carbonyl (C=O) groups excluding carboxylic acids is 1. The van der Waals surface area contributed by atoms with Crippen LogP contribution in [-0.2, 0) is 0 Å². The summed E-state index contributed by atoms with van der Waals surface area (Å²) < 4.78 is 13.7. The molecule has 4 N–H and O–H groups in total. The van der Waals surface area contributed by atoms with Crippen molar-refractivity contribution < 1.29 is 9.18 Å². The van der Waals surface area contributed by atoms with Gasteiger partial charge in [-0.25, -0.2) is 9.18 Å². The Kier molecular flexibility index (Phi) is 4.49. The molecule has 0 fully saturated rings. The second kappa shape index (κ2) is 6.32. The average molecular weight is 303 g/mol. The lowest BCUT2D eigenvalue weighted by Gasteiger charge is -2.12. The lowest BCUT2D eigenvalue weighted by atomic mass is 10.1. The topological polar surface area (TPSA) is 67.2 Å². The molecule has 0 saturated heterocycles. The average Bonchev–Trinajstić information content (AvgIpc) is 2.41. The maximum Gasteiger partial charge on any atom is 0.323 e. The molecule has 0 aromatic heterocycles. The lowest BCUT2D eigenvalue weighted by molar-refractivity contribution is 0.262. The molecule has 6 heteroatoms. The smallest absolute Gasteiger partial charge is 0.323 e. The zero-order chi connectivity index (χ0) is 15.4. The first kappa shape index (κ1) is 14.9. The van der Waals surface area contributed by atoms with Crippen LogP contribution in [0.2, 0.25) is 0 Å². The molecule has 2 aromatic carbocycles. The van der Waals surface area contributed by atoms with Crippen LogP contribution in [-0.4, -0.2) is 11.0 Å². The van der Waals surface area contributed by atoms with E-state index in [2.05, 4.69) is 10.6 Å². The Balaban J connectivity index is 2.15. The number of anilines is 2. The first-order chi connectivity index (χ1) is 9.97. The molecule has 0 atom stereocenters. The largest absolute Gasteiger partial charge is 0.389 e. The van der Waals surface area contributed by atoms with E-state index in [-0.39, 0.29) is 16.2 Å². The third kappa shape index (κ3) is 3.76. The van der Waals surface area contributed by atoms with Crippen LogP contribution < -0.4 is 16.4 Å². The SMILES string of the molecule is Cc1ccc(NC(=O)Nc2cccc(F)c2C(N)=S)cc1. The summed E-state index contributed by atoms with van der Waals surface area (Å²) in [7, 11) is 0. The van der Waals surface area contributed by atoms with Crippen molar-refractivity contribution in [2.24, 2.45) is 5.73 Å². The van der Waals surface area contributed by atoms with Crippen LogP contribution in [0.5, 0.6) is 0 Å². The number of nitrogens with one attached hydrogen (secondary N) is 2. The van der Waals surface area contributed by atoms with E-state index in [9.17, 15) is 9.18 Å². The quantitative estimate of drug-likeness (QED) is 0.761. The zero-order valence-corrected chi connectivity index (χ0v) is 12.1. The minimum absolute atomic E-state index is 0.0200. The van der Waals surface area contributed by atoms with Crippen molar-refractivity contribution in [2.75, 3.05) is 10.6 Å². The summed E-state index contributed by atoms with van der Waals surface area (Å²) in [5, 5.41) is 5.18. The molecule has 0 aliphatic rings. The Hall–Kier alpha value is -2.47. The molecule has 0 unspecified atom stereocenters. The van der Waals surface area contributed by atoms with Crippen molar-refractivity contribution in [2.45, 2.75) is 6.92 Å². The molecule has 0 aliphatic heterocycles. The fourth-order valence-corrected chi connectivity index (χ4v) is 2.01. The van der Waals surface area contributed by atoms with Gasteiger partial charge in [-0.05, 0) is 31.2 Å². The standard InChI is InChI=1S/C15H14FN3OS/c1-9-5-7-10(8-6-9)18-15(20)19-12-4-2-3-11(16)13(12)14(17)21/h2-8H,1H3,(H2,17,21)(H2,18,19,20). The minimum atomic E-state index is -0.573. The summed E-state index contributed by atoms with van der Waals surface area (Å²) in [6, 6.07) is 11.0. The highest BCUT2D eigenvalue weighted by atomic mass is 32.1. The Labute approximate surface area is 127 Å². The number of aryl methyl sites for hydroxylation is 1. The molecule has 2 aromatic rings. The van der Waals surface area contributed by atoms with Gasteiger partial charge in [0.2, 0.25) is 0 Å². The predicted octanol–water partition coefficient (Wildman–Crippen LogP) is 3.41. The third-order valence-corrected chi connectivity index (χ3v) is 3.02. The highest BCUT2D eigenvalue weighted by Gasteiger charge is 2.13. The van der Waals surface area contributed by atoms with Crippen molar-refractivity contribution in [3.63, 3.8) is 0 Å². The molecule has 0 bridgehead atoms. The highest BCUT2D eigenvalue weighted by Crippen LogP contribution is 2.19. The minimum Gasteiger partial charge on any atom is -0.389 e. The molecule has 108 valence electrons. The van der Waals surface area contributed by atoms with E-state index >= 15 is 0 Å². The van der Waals surface area contributed by atoms with Crippen LogP contribution in [0.4, 0.5) is 20.6 Å². The number of urea groups is 1. The molecular weight excluding hydrogens is 289 g/mol. The normalized spacial score (nSPS) is 10.0. The van der Waals surface area contributed by atoms with Crippen molar-refractivity contribution >= 4 is 34.6 Å². The number of nitrogens with two attached hydrogens (primary N) is 1. The summed E-state index contributed by atoms with van der Waals surface area (Å²) in [6.45, 7) is 1.95. The van der Waals surface area contributed by atoms with E-state index < -0.39 is 11.8 Å². The van der Waals surface area contributed by atoms with Gasteiger partial charge in [0, 0.05) is 5.69 Å². The summed E-state index contributed by atoms with van der Waals surface area (Å²) >= 11 is 4.80. The highest BCUT2D eigenvalue weighted by molar-refractivity contribution is 7.80. The number of thiocarbonyl (C=S) groups is 1. The molecule has 2 amide bonds. The van der Waals surface area contributed by atoms with E-state index in [0.717, 1.165) is 5.56 Å². The number of benzene rings is 2. The van der Waals surface area contributed by atoms with E-state index in [1.807, 2.05) is 19.1 Å². The fraction of sp³-hybridized carbons (Fsp3) is 0.0667. The first-order valence-electron chi connectivity index (χ1n) is 6.20. The Morgan fingerprint density at radius 3 is 2.43 bits per heavy atom. The van der Waals surface area contributed by atoms with E-state index in [1.165, 1.54) is 18.2 Å². The van der Waals surface area contributed by atoms with Gasteiger partial charge in [0.1, 0.15) is 10.8 Å². The molecule has 2 rings (SSSR count). The number of halogens is 1. The van der Waals surface area contributed by atoms with Gasteiger partial charge in [0.05, 0.1) is 11.3 Å². The van der Waals surface area contributed by atoms with Crippen LogP contribution in [0.3, 0.4) is 0 Å². The van der Waals surface area contributed by atoms with Crippen LogP contribution in [0.1, 0.15) is 11.1 Å². The van der Waals surface area contributed by atoms with Crippen LogP contribution >= 0.6 is 12.2 Å². The van der Waals surface area contributed by atoms with Crippen molar-refractivity contribution in [1.29, 1.82) is 0 Å². The Morgan fingerprint density at radius 2 is 1.81 bits per heavy atom. The van der Waals surface area contributed by atoms with Crippen LogP contribution in [0, 0.1) is 12.7 Å². The molecule has 0 heterocycles. The van der Waals surface area contributed by atoms with E-state index in [0.29, 0.717) is 5.69 Å². The van der Waals surface area contributed by atoms with Gasteiger partial charge < -0.3 is 16.4 Å². The van der Waals surface area contributed by atoms with Gasteiger partial charge in [-0.15, -0.1) is 0 Å². The van der Waals surface area contributed by atoms with Gasteiger partial charge in [-0.1, -0.05) is 36.0 Å². The number of amides is 2. The number of hydrogen-bond donors (Lipinski definition) is 3. The summed E-state index contributed by atoms with van der Waals surface area (Å²) in [6.07, 6.45) is 0. The van der Waals surface area contributed by atoms with Gasteiger partial charge in [0.25, 0.3) is 0 Å². The van der Waals surface area contributed by atoms with Gasteiger partial charge >= 0.3 is 6.03 Å². The lowest BCUT2D eigenvalue weighted by Crippen LogP contribution is -2.23. The maximum absolute atomic E-state index is 13.7. The third-order valence-electron chi connectivity index (χ3n) is 2.82. The number of carbonyl (C=O) groups is 1. The molecule has 4 nitrogen and oxygen atoms in total. The number of hydrogen-bond acceptors (Lipinski definition) is 2. The predicted molar refractivity (Wildman–Crippen MR) is 86.1 cm³/mol. The molecule has 0 aliphatic carbocycles. The second-order valence-corrected chi connectivity index (χ2v) is 4.91. The number of rotatable bonds is 3. The summed E-state index contributed by atoms with van der Waals surface area (Å²) in [5.74, 6) is -0.573. The molecule has 0 saturated carbocycles. The molecular formula is C15H14FN3OS. The van der Waals surface area contributed by atoms with E-state index in [1.54, 1.807) is 12.1 Å². The van der Waals surface area contributed by atoms with Gasteiger partial charge in [-0.2, -0.15) is 0 Å². The Bertz CT molecular complexity index is 686. The van der Waals surface area contributed by atoms with Crippen LogP contribution in [0.25, 0.3) is 0 Å². The fourth-order valence-electron chi connectivity index (χ4n) is 1.80. The molecule has 21 heavy (non-hydrogen) atoms. The van der Waals surface area contributed by atoms with Crippen LogP contribution in [0.15, 0.2) is 42.5 Å². The maximum atomic E-state index is 13.7. The second-order valence-electron chi connectivity index (χ2n) is 4.47. The van der Waals surface area contributed by atoms with Gasteiger partial charge in [-0.3, -0.25) is 0 Å². The van der Waals surface area contributed by atoms with Crippen molar-refractivity contribution in [3.8, 4) is 0 Å².